The molecule has 0 saturated carbocycles. The molecule has 122 valence electrons. The van der Waals surface area contributed by atoms with Crippen molar-refractivity contribution in [3.8, 4) is 23.0 Å². The van der Waals surface area contributed by atoms with E-state index < -0.39 is 0 Å². The third kappa shape index (κ3) is 4.52. The highest BCUT2D eigenvalue weighted by Gasteiger charge is 2.11. The van der Waals surface area contributed by atoms with E-state index >= 15 is 0 Å². The Labute approximate surface area is 138 Å². The highest BCUT2D eigenvalue weighted by atomic mass is 16.5. The molecule has 2 rings (SSSR count). The van der Waals surface area contributed by atoms with Crippen LogP contribution in [0.15, 0.2) is 42.0 Å². The first-order valence-electron chi connectivity index (χ1n) is 7.68. The zero-order valence-electron chi connectivity index (χ0n) is 14.4. The van der Waals surface area contributed by atoms with Crippen LogP contribution in [0, 0.1) is 13.8 Å². The maximum atomic E-state index is 9.91. The fraction of sp³-hybridized carbons (Fsp3) is 0.300. The quantitative estimate of drug-likeness (QED) is 0.759. The summed E-state index contributed by atoms with van der Waals surface area (Å²) in [5, 5.41) is 9.91. The van der Waals surface area contributed by atoms with Crippen molar-refractivity contribution in [1.82, 2.24) is 0 Å². The van der Waals surface area contributed by atoms with E-state index in [1.807, 2.05) is 32.0 Å². The van der Waals surface area contributed by atoms with Crippen molar-refractivity contribution in [3.63, 3.8) is 0 Å². The van der Waals surface area contributed by atoms with Crippen LogP contribution in [0.1, 0.15) is 30.5 Å². The molecular weight excluding hydrogens is 288 g/mol. The molecule has 0 bridgehead atoms. The number of benzene rings is 2. The van der Waals surface area contributed by atoms with Gasteiger partial charge in [-0.15, -0.1) is 0 Å². The first-order valence-corrected chi connectivity index (χ1v) is 7.68. The van der Waals surface area contributed by atoms with E-state index in [9.17, 15) is 5.11 Å². The number of aromatic hydroxyl groups is 1. The molecule has 3 heteroatoms. The van der Waals surface area contributed by atoms with Gasteiger partial charge in [-0.1, -0.05) is 11.6 Å². The minimum atomic E-state index is 0.207. The molecule has 0 aliphatic rings. The lowest BCUT2D eigenvalue weighted by Gasteiger charge is -2.15. The van der Waals surface area contributed by atoms with Gasteiger partial charge in [0.25, 0.3) is 0 Å². The largest absolute Gasteiger partial charge is 0.508 e. The second kappa shape index (κ2) is 7.23. The molecule has 0 aromatic heterocycles. The van der Waals surface area contributed by atoms with Gasteiger partial charge in [0.05, 0.1) is 7.11 Å². The summed E-state index contributed by atoms with van der Waals surface area (Å²) in [4.78, 5) is 0. The molecule has 0 atom stereocenters. The summed E-state index contributed by atoms with van der Waals surface area (Å²) < 4.78 is 11.3. The summed E-state index contributed by atoms with van der Waals surface area (Å²) in [5.41, 5.74) is 4.39. The molecule has 0 radical (unpaired) electrons. The lowest BCUT2D eigenvalue weighted by Crippen LogP contribution is -1.96. The van der Waals surface area contributed by atoms with Gasteiger partial charge in [0.15, 0.2) is 0 Å². The van der Waals surface area contributed by atoms with Crippen LogP contribution in [0.25, 0.3) is 0 Å². The zero-order chi connectivity index (χ0) is 17.0. The summed E-state index contributed by atoms with van der Waals surface area (Å²) in [6, 6.07) is 9.17. The fourth-order valence-corrected chi connectivity index (χ4v) is 2.44. The minimum Gasteiger partial charge on any atom is -0.508 e. The SMILES string of the molecule is COc1cc(C)cc(Oc2cc(O)cc(C)c2CC=C(C)C)c1. The molecule has 3 nitrogen and oxygen atoms in total. The molecule has 0 heterocycles. The van der Waals surface area contributed by atoms with Crippen LogP contribution in [0.2, 0.25) is 0 Å². The molecule has 0 aliphatic heterocycles. The van der Waals surface area contributed by atoms with Gasteiger partial charge in [-0.2, -0.15) is 0 Å². The molecule has 0 spiro atoms. The summed E-state index contributed by atoms with van der Waals surface area (Å²) in [5.74, 6) is 2.33. The molecule has 23 heavy (non-hydrogen) atoms. The Morgan fingerprint density at radius 2 is 1.74 bits per heavy atom. The van der Waals surface area contributed by atoms with Crippen LogP contribution >= 0.6 is 0 Å². The lowest BCUT2D eigenvalue weighted by atomic mass is 10.0. The van der Waals surface area contributed by atoms with Crippen molar-refractivity contribution in [3.05, 3.63) is 58.7 Å². The normalized spacial score (nSPS) is 10.3. The first-order chi connectivity index (χ1) is 10.9. The average Bonchev–Trinajstić information content (AvgIpc) is 2.45. The number of methoxy groups -OCH3 is 1. The highest BCUT2D eigenvalue weighted by Crippen LogP contribution is 2.34. The van der Waals surface area contributed by atoms with Crippen LogP contribution in [0.4, 0.5) is 0 Å². The van der Waals surface area contributed by atoms with Crippen LogP contribution in [-0.4, -0.2) is 12.2 Å². The van der Waals surface area contributed by atoms with Crippen LogP contribution in [-0.2, 0) is 6.42 Å². The van der Waals surface area contributed by atoms with E-state index in [2.05, 4.69) is 19.9 Å². The van der Waals surface area contributed by atoms with Crippen LogP contribution < -0.4 is 9.47 Å². The van der Waals surface area contributed by atoms with Crippen molar-refractivity contribution in [2.24, 2.45) is 0 Å². The van der Waals surface area contributed by atoms with Crippen molar-refractivity contribution < 1.29 is 14.6 Å². The fourth-order valence-electron chi connectivity index (χ4n) is 2.44. The van der Waals surface area contributed by atoms with E-state index in [-0.39, 0.29) is 5.75 Å². The Morgan fingerprint density at radius 1 is 1.04 bits per heavy atom. The standard InChI is InChI=1S/C20H24O3/c1-13(2)6-7-19-15(4)10-16(21)11-20(19)23-18-9-14(3)8-17(12-18)22-5/h6,8-12,21H,7H2,1-5H3. The topological polar surface area (TPSA) is 38.7 Å². The number of rotatable bonds is 5. The molecule has 0 fully saturated rings. The summed E-state index contributed by atoms with van der Waals surface area (Å²) in [6.07, 6.45) is 2.93. The number of aryl methyl sites for hydroxylation is 2. The van der Waals surface area contributed by atoms with E-state index in [1.165, 1.54) is 5.57 Å². The highest BCUT2D eigenvalue weighted by molar-refractivity contribution is 5.49. The Morgan fingerprint density at radius 3 is 2.39 bits per heavy atom. The molecule has 0 saturated heterocycles. The molecule has 0 aliphatic carbocycles. The summed E-state index contributed by atoms with van der Waals surface area (Å²) >= 11 is 0. The van der Waals surface area contributed by atoms with Gasteiger partial charge in [-0.25, -0.2) is 0 Å². The van der Waals surface area contributed by atoms with E-state index in [4.69, 9.17) is 9.47 Å². The third-order valence-corrected chi connectivity index (χ3v) is 3.62. The Balaban J connectivity index is 2.42. The lowest BCUT2D eigenvalue weighted by molar-refractivity contribution is 0.407. The maximum Gasteiger partial charge on any atom is 0.134 e. The Bertz CT molecular complexity index is 726. The Hall–Kier alpha value is -2.42. The zero-order valence-corrected chi connectivity index (χ0v) is 14.4. The molecule has 0 amide bonds. The summed E-state index contributed by atoms with van der Waals surface area (Å²) in [7, 11) is 1.64. The second-order valence-electron chi connectivity index (χ2n) is 6.01. The second-order valence-corrected chi connectivity index (χ2v) is 6.01. The van der Waals surface area contributed by atoms with Gasteiger partial charge < -0.3 is 14.6 Å². The number of phenols is 1. The molecular formula is C20H24O3. The number of ether oxygens (including phenoxy) is 2. The van der Waals surface area contributed by atoms with Gasteiger partial charge in [0.2, 0.25) is 0 Å². The number of hydrogen-bond donors (Lipinski definition) is 1. The van der Waals surface area contributed by atoms with Crippen LogP contribution in [0.5, 0.6) is 23.0 Å². The maximum absolute atomic E-state index is 9.91. The van der Waals surface area contributed by atoms with Gasteiger partial charge >= 0.3 is 0 Å². The molecule has 0 unspecified atom stereocenters. The van der Waals surface area contributed by atoms with E-state index in [1.54, 1.807) is 19.2 Å². The minimum absolute atomic E-state index is 0.207. The van der Waals surface area contributed by atoms with Gasteiger partial charge in [0.1, 0.15) is 23.0 Å². The van der Waals surface area contributed by atoms with E-state index in [0.717, 1.165) is 28.9 Å². The predicted molar refractivity (Wildman–Crippen MR) is 93.8 cm³/mol. The van der Waals surface area contributed by atoms with Gasteiger partial charge in [0, 0.05) is 17.7 Å². The third-order valence-electron chi connectivity index (χ3n) is 3.62. The van der Waals surface area contributed by atoms with Crippen molar-refractivity contribution in [1.29, 1.82) is 0 Å². The smallest absolute Gasteiger partial charge is 0.134 e. The average molecular weight is 312 g/mol. The van der Waals surface area contributed by atoms with Crippen molar-refractivity contribution >= 4 is 0 Å². The van der Waals surface area contributed by atoms with E-state index in [0.29, 0.717) is 11.5 Å². The Kier molecular flexibility index (Phi) is 5.32. The predicted octanol–water partition coefficient (Wildman–Crippen LogP) is 5.32. The van der Waals surface area contributed by atoms with Crippen molar-refractivity contribution in [2.45, 2.75) is 34.1 Å². The van der Waals surface area contributed by atoms with Gasteiger partial charge in [-0.3, -0.25) is 0 Å². The monoisotopic (exact) mass is 312 g/mol. The molecule has 1 N–H and O–H groups in total. The van der Waals surface area contributed by atoms with Crippen molar-refractivity contribution in [2.75, 3.05) is 7.11 Å². The summed E-state index contributed by atoms with van der Waals surface area (Å²) in [6.45, 7) is 8.12. The van der Waals surface area contributed by atoms with Gasteiger partial charge in [-0.05, 0) is 63.4 Å². The number of hydrogen-bond acceptors (Lipinski definition) is 3. The first kappa shape index (κ1) is 16.9. The molecule has 2 aromatic carbocycles. The molecule has 2 aromatic rings. The number of allylic oxidation sites excluding steroid dienone is 2. The van der Waals surface area contributed by atoms with Crippen LogP contribution in [0.3, 0.4) is 0 Å². The number of phenolic OH excluding ortho intramolecular Hbond substituents is 1.